The predicted octanol–water partition coefficient (Wildman–Crippen LogP) is 7.34. The van der Waals surface area contributed by atoms with Crippen LogP contribution in [-0.2, 0) is 12.8 Å². The van der Waals surface area contributed by atoms with Gasteiger partial charge in [0.15, 0.2) is 0 Å². The van der Waals surface area contributed by atoms with Crippen LogP contribution in [0.15, 0.2) is 67.5 Å². The highest BCUT2D eigenvalue weighted by atomic mass is 35.5. The summed E-state index contributed by atoms with van der Waals surface area (Å²) in [4.78, 5) is 14.0. The third-order valence-corrected chi connectivity index (χ3v) is 7.61. The van der Waals surface area contributed by atoms with E-state index >= 15 is 0 Å². The second-order valence-corrected chi connectivity index (χ2v) is 10.1. The van der Waals surface area contributed by atoms with Crippen LogP contribution in [0.1, 0.15) is 49.4 Å². The fourth-order valence-electron chi connectivity index (χ4n) is 4.88. The Morgan fingerprint density at radius 3 is 2.58 bits per heavy atom. The van der Waals surface area contributed by atoms with Crippen LogP contribution in [0.5, 0.6) is 0 Å². The number of unbranched alkanes of at least 4 members (excludes halogenated alkanes) is 1. The van der Waals surface area contributed by atoms with E-state index in [1.807, 2.05) is 30.4 Å². The van der Waals surface area contributed by atoms with Crippen molar-refractivity contribution in [2.75, 3.05) is 33.2 Å². The zero-order chi connectivity index (χ0) is 26.1. The summed E-state index contributed by atoms with van der Waals surface area (Å²) in [5, 5.41) is 1.85. The van der Waals surface area contributed by atoms with E-state index in [-0.39, 0.29) is 0 Å². The number of halogens is 1. The Morgan fingerprint density at radius 2 is 1.94 bits per heavy atom. The molecule has 36 heavy (non-hydrogen) atoms. The van der Waals surface area contributed by atoms with Gasteiger partial charge in [0.25, 0.3) is 0 Å². The zero-order valence-corrected chi connectivity index (χ0v) is 22.9. The van der Waals surface area contributed by atoms with Gasteiger partial charge < -0.3 is 9.80 Å². The summed E-state index contributed by atoms with van der Waals surface area (Å²) in [6.07, 6.45) is 11.7. The van der Waals surface area contributed by atoms with Gasteiger partial charge in [0.1, 0.15) is 0 Å². The molecule has 1 aromatic heterocycles. The van der Waals surface area contributed by atoms with E-state index in [0.29, 0.717) is 5.92 Å². The zero-order valence-electron chi connectivity index (χ0n) is 22.1. The molecule has 2 aliphatic rings. The van der Waals surface area contributed by atoms with Gasteiger partial charge in [0.05, 0.1) is 10.5 Å². The van der Waals surface area contributed by atoms with E-state index in [1.54, 1.807) is 6.20 Å². The van der Waals surface area contributed by atoms with Crippen LogP contribution >= 0.6 is 11.6 Å². The van der Waals surface area contributed by atoms with Crippen molar-refractivity contribution in [1.82, 2.24) is 14.8 Å². The molecule has 1 aliphatic heterocycles. The highest BCUT2D eigenvalue weighted by molar-refractivity contribution is 6.36. The van der Waals surface area contributed by atoms with Crippen molar-refractivity contribution in [3.8, 4) is 0 Å². The molecule has 4 nitrogen and oxygen atoms in total. The van der Waals surface area contributed by atoms with Gasteiger partial charge in [-0.3, -0.25) is 9.98 Å². The Balaban J connectivity index is 0.000000236. The number of nitrogens with zero attached hydrogens (tertiary/aromatic N) is 4. The van der Waals surface area contributed by atoms with Crippen LogP contribution in [0.3, 0.4) is 0 Å². The highest BCUT2D eigenvalue weighted by Gasteiger charge is 2.25. The molecule has 0 spiro atoms. The molecule has 0 amide bonds. The van der Waals surface area contributed by atoms with Crippen LogP contribution in [-0.4, -0.2) is 53.7 Å². The maximum absolute atomic E-state index is 6.64. The molecule has 0 bridgehead atoms. The van der Waals surface area contributed by atoms with Crippen LogP contribution in [0, 0.1) is 5.92 Å². The number of aliphatic imine (C=N–C) groups is 1. The summed E-state index contributed by atoms with van der Waals surface area (Å²) in [5.74, 6) is 0.321. The summed E-state index contributed by atoms with van der Waals surface area (Å²) in [6.45, 7) is 22.4. The Kier molecular flexibility index (Phi) is 10.5. The monoisotopic (exact) mass is 504 g/mol. The molecule has 0 radical (unpaired) electrons. The molecule has 192 valence electrons. The number of rotatable bonds is 8. The molecular weight excluding hydrogens is 464 g/mol. The largest absolute Gasteiger partial charge is 0.373 e. The fraction of sp³-hybridized carbons (Fsp3) is 0.419. The van der Waals surface area contributed by atoms with Crippen molar-refractivity contribution in [3.63, 3.8) is 0 Å². The van der Waals surface area contributed by atoms with Crippen molar-refractivity contribution in [2.24, 2.45) is 10.9 Å². The number of pyridine rings is 1. The summed E-state index contributed by atoms with van der Waals surface area (Å²) in [7, 11) is 2.19. The normalized spacial score (nSPS) is 18.1. The lowest BCUT2D eigenvalue weighted by Crippen LogP contribution is -2.43. The highest BCUT2D eigenvalue weighted by Crippen LogP contribution is 2.35. The van der Waals surface area contributed by atoms with Crippen molar-refractivity contribution in [3.05, 3.63) is 84.3 Å². The maximum atomic E-state index is 6.64. The SMILES string of the molecule is C=C(CCCC)N1CCN(C)CC1.C=CN=C(C=C)C1CCc2c(nc3cc(C=C)ccc3c2Cl)C1. The van der Waals surface area contributed by atoms with Gasteiger partial charge in [-0.05, 0) is 62.4 Å². The van der Waals surface area contributed by atoms with E-state index < -0.39 is 0 Å². The third kappa shape index (κ3) is 6.96. The summed E-state index contributed by atoms with van der Waals surface area (Å²) >= 11 is 6.64. The number of piperazine rings is 1. The number of aromatic nitrogens is 1. The minimum absolute atomic E-state index is 0.321. The first-order chi connectivity index (χ1) is 17.4. The third-order valence-electron chi connectivity index (χ3n) is 7.18. The average molecular weight is 505 g/mol. The molecule has 1 saturated heterocycles. The lowest BCUT2D eigenvalue weighted by atomic mass is 9.83. The van der Waals surface area contributed by atoms with Crippen LogP contribution in [0.25, 0.3) is 17.0 Å². The smallest absolute Gasteiger partial charge is 0.0726 e. The first-order valence-electron chi connectivity index (χ1n) is 13.1. The topological polar surface area (TPSA) is 31.7 Å². The number of likely N-dealkylation sites (N-methyl/N-ethyl adjacent to an activating group) is 1. The summed E-state index contributed by atoms with van der Waals surface area (Å²) in [5.41, 5.74) is 6.53. The summed E-state index contributed by atoms with van der Waals surface area (Å²) in [6, 6.07) is 6.08. The van der Waals surface area contributed by atoms with E-state index in [1.165, 1.54) is 56.7 Å². The van der Waals surface area contributed by atoms with Gasteiger partial charge in [0, 0.05) is 60.8 Å². The lowest BCUT2D eigenvalue weighted by molar-refractivity contribution is 0.182. The van der Waals surface area contributed by atoms with Gasteiger partial charge >= 0.3 is 0 Å². The number of fused-ring (bicyclic) bond motifs is 2. The van der Waals surface area contributed by atoms with Gasteiger partial charge in [-0.1, -0.05) is 69.5 Å². The fourth-order valence-corrected chi connectivity index (χ4v) is 5.24. The number of hydrogen-bond donors (Lipinski definition) is 0. The minimum atomic E-state index is 0.321. The Labute approximate surface area is 222 Å². The van der Waals surface area contributed by atoms with Crippen molar-refractivity contribution < 1.29 is 0 Å². The predicted molar refractivity (Wildman–Crippen MR) is 158 cm³/mol. The Bertz CT molecular complexity index is 1130. The maximum Gasteiger partial charge on any atom is 0.0726 e. The standard InChI is InChI=1S/C20H19ClN2.C11H22N2/c1-4-13-7-9-15-18(11-13)23-19-12-14(17(5-2)22-6-3)8-10-16(19)20(15)21;1-4-5-6-11(2)13-9-7-12(3)8-10-13/h4-7,9,11,14H,1-3,8,10,12H2;2,4-10H2,1,3H3. The first kappa shape index (κ1) is 27.9. The molecule has 2 aromatic rings. The molecule has 1 unspecified atom stereocenters. The van der Waals surface area contributed by atoms with E-state index in [0.717, 1.165) is 52.2 Å². The molecule has 1 aliphatic carbocycles. The first-order valence-corrected chi connectivity index (χ1v) is 13.4. The summed E-state index contributed by atoms with van der Waals surface area (Å²) < 4.78 is 0. The molecule has 1 aromatic carbocycles. The lowest BCUT2D eigenvalue weighted by Gasteiger charge is -2.35. The van der Waals surface area contributed by atoms with Crippen molar-refractivity contribution in [2.45, 2.75) is 45.4 Å². The van der Waals surface area contributed by atoms with Gasteiger partial charge in [0.2, 0.25) is 0 Å². The van der Waals surface area contributed by atoms with E-state index in [2.05, 4.69) is 55.1 Å². The van der Waals surface area contributed by atoms with E-state index in [9.17, 15) is 0 Å². The number of hydrogen-bond acceptors (Lipinski definition) is 4. The van der Waals surface area contributed by atoms with Gasteiger partial charge in [-0.2, -0.15) is 0 Å². The Hall–Kier alpha value is -2.69. The molecule has 1 atom stereocenters. The number of allylic oxidation sites excluding steroid dienone is 2. The number of benzene rings is 1. The Morgan fingerprint density at radius 1 is 1.19 bits per heavy atom. The molecular formula is C31H41ClN4. The average Bonchev–Trinajstić information content (AvgIpc) is 2.90. The minimum Gasteiger partial charge on any atom is -0.373 e. The van der Waals surface area contributed by atoms with Crippen LogP contribution < -0.4 is 0 Å². The molecule has 0 N–H and O–H groups in total. The second kappa shape index (κ2) is 13.6. The van der Waals surface area contributed by atoms with Gasteiger partial charge in [-0.25, -0.2) is 0 Å². The molecule has 5 heteroatoms. The molecule has 0 saturated carbocycles. The van der Waals surface area contributed by atoms with E-state index in [4.69, 9.17) is 16.6 Å². The van der Waals surface area contributed by atoms with Crippen molar-refractivity contribution in [1.29, 1.82) is 0 Å². The van der Waals surface area contributed by atoms with Gasteiger partial charge in [-0.15, -0.1) is 0 Å². The quantitative estimate of drug-likeness (QED) is 0.352. The molecule has 2 heterocycles. The van der Waals surface area contributed by atoms with Crippen LogP contribution in [0.4, 0.5) is 0 Å². The van der Waals surface area contributed by atoms with Crippen LogP contribution in [0.2, 0.25) is 5.02 Å². The molecule has 1 fully saturated rings. The molecule has 4 rings (SSSR count). The second-order valence-electron chi connectivity index (χ2n) is 9.67. The van der Waals surface area contributed by atoms with Crippen molar-refractivity contribution >= 4 is 34.3 Å².